The Hall–Kier alpha value is -0.830. The van der Waals surface area contributed by atoms with Crippen LogP contribution in [0.15, 0.2) is 11.6 Å². The number of rotatable bonds is 3. The average molecular weight is 225 g/mol. The Balaban J connectivity index is 2.66. The molecule has 2 atom stereocenters. The molecule has 0 aromatic carbocycles. The minimum atomic E-state index is -0.388. The van der Waals surface area contributed by atoms with Crippen LogP contribution in [0.5, 0.6) is 0 Å². The van der Waals surface area contributed by atoms with Crippen molar-refractivity contribution in [1.29, 1.82) is 0 Å². The zero-order chi connectivity index (χ0) is 12.2. The molecule has 1 saturated carbocycles. The average Bonchev–Trinajstić information content (AvgIpc) is 2.16. The molecule has 1 fully saturated rings. The van der Waals surface area contributed by atoms with E-state index in [4.69, 9.17) is 0 Å². The van der Waals surface area contributed by atoms with Crippen LogP contribution < -0.4 is 5.32 Å². The van der Waals surface area contributed by atoms with Gasteiger partial charge in [-0.25, -0.2) is 0 Å². The standard InChI is InChI=1S/C13H23NO2/c1-10(2)7-12(16)14-13(9-15)6-4-5-11(3)8-13/h7,11,15H,4-6,8-9H2,1-3H3,(H,14,16). The molecule has 92 valence electrons. The normalized spacial score (nSPS) is 29.6. The summed E-state index contributed by atoms with van der Waals surface area (Å²) in [6.45, 7) is 6.01. The summed E-state index contributed by atoms with van der Waals surface area (Å²) >= 11 is 0. The van der Waals surface area contributed by atoms with Gasteiger partial charge in [-0.2, -0.15) is 0 Å². The molecule has 3 nitrogen and oxygen atoms in total. The van der Waals surface area contributed by atoms with E-state index in [0.29, 0.717) is 5.92 Å². The van der Waals surface area contributed by atoms with Crippen molar-refractivity contribution in [3.63, 3.8) is 0 Å². The fourth-order valence-electron chi connectivity index (χ4n) is 2.52. The van der Waals surface area contributed by atoms with E-state index in [1.165, 1.54) is 6.42 Å². The first kappa shape index (κ1) is 13.2. The van der Waals surface area contributed by atoms with Crippen LogP contribution in [-0.2, 0) is 4.79 Å². The van der Waals surface area contributed by atoms with Gasteiger partial charge in [0.05, 0.1) is 12.1 Å². The van der Waals surface area contributed by atoms with Gasteiger partial charge in [0.15, 0.2) is 0 Å². The maximum absolute atomic E-state index is 11.7. The van der Waals surface area contributed by atoms with Gasteiger partial charge in [-0.3, -0.25) is 4.79 Å². The molecule has 0 heterocycles. The molecule has 0 saturated heterocycles. The predicted molar refractivity (Wildman–Crippen MR) is 65.0 cm³/mol. The first-order chi connectivity index (χ1) is 7.47. The maximum atomic E-state index is 11.7. The minimum absolute atomic E-state index is 0.0414. The van der Waals surface area contributed by atoms with E-state index >= 15 is 0 Å². The van der Waals surface area contributed by atoms with E-state index < -0.39 is 0 Å². The summed E-state index contributed by atoms with van der Waals surface area (Å²) in [5, 5.41) is 12.5. The van der Waals surface area contributed by atoms with Crippen molar-refractivity contribution < 1.29 is 9.90 Å². The van der Waals surface area contributed by atoms with Crippen LogP contribution in [0.4, 0.5) is 0 Å². The lowest BCUT2D eigenvalue weighted by Gasteiger charge is -2.39. The van der Waals surface area contributed by atoms with Crippen molar-refractivity contribution in [3.8, 4) is 0 Å². The highest BCUT2D eigenvalue weighted by molar-refractivity contribution is 5.88. The molecule has 0 spiro atoms. The molecule has 1 aliphatic carbocycles. The number of allylic oxidation sites excluding steroid dienone is 1. The fraction of sp³-hybridized carbons (Fsp3) is 0.769. The maximum Gasteiger partial charge on any atom is 0.244 e. The van der Waals surface area contributed by atoms with E-state index in [2.05, 4.69) is 12.2 Å². The van der Waals surface area contributed by atoms with Gasteiger partial charge < -0.3 is 10.4 Å². The van der Waals surface area contributed by atoms with Gasteiger partial charge in [0.1, 0.15) is 0 Å². The van der Waals surface area contributed by atoms with Crippen molar-refractivity contribution in [2.75, 3.05) is 6.61 Å². The molecule has 0 aliphatic heterocycles. The highest BCUT2D eigenvalue weighted by Crippen LogP contribution is 2.31. The van der Waals surface area contributed by atoms with Crippen LogP contribution in [0, 0.1) is 5.92 Å². The Morgan fingerprint density at radius 1 is 1.56 bits per heavy atom. The van der Waals surface area contributed by atoms with Crippen molar-refractivity contribution in [3.05, 3.63) is 11.6 Å². The van der Waals surface area contributed by atoms with Crippen LogP contribution in [0.3, 0.4) is 0 Å². The van der Waals surface area contributed by atoms with Gasteiger partial charge in [-0.05, 0) is 32.6 Å². The molecule has 3 heteroatoms. The first-order valence-corrected chi connectivity index (χ1v) is 6.05. The number of amides is 1. The van der Waals surface area contributed by atoms with E-state index in [9.17, 15) is 9.90 Å². The third-order valence-corrected chi connectivity index (χ3v) is 3.20. The lowest BCUT2D eigenvalue weighted by Crippen LogP contribution is -2.53. The topological polar surface area (TPSA) is 49.3 Å². The predicted octanol–water partition coefficient (Wildman–Crippen LogP) is 2.01. The van der Waals surface area contributed by atoms with Gasteiger partial charge in [0, 0.05) is 6.08 Å². The summed E-state index contributed by atoms with van der Waals surface area (Å²) in [5.41, 5.74) is 0.593. The van der Waals surface area contributed by atoms with Crippen molar-refractivity contribution in [2.24, 2.45) is 5.92 Å². The molecule has 1 aliphatic rings. The van der Waals surface area contributed by atoms with Crippen LogP contribution in [0.25, 0.3) is 0 Å². The summed E-state index contributed by atoms with van der Waals surface area (Å²) in [7, 11) is 0. The quantitative estimate of drug-likeness (QED) is 0.722. The third-order valence-electron chi connectivity index (χ3n) is 3.20. The molecule has 2 N–H and O–H groups in total. The Morgan fingerprint density at radius 2 is 2.25 bits per heavy atom. The zero-order valence-corrected chi connectivity index (χ0v) is 10.5. The first-order valence-electron chi connectivity index (χ1n) is 6.05. The summed E-state index contributed by atoms with van der Waals surface area (Å²) in [5.74, 6) is 0.496. The molecule has 0 aromatic heterocycles. The van der Waals surface area contributed by atoms with Crippen molar-refractivity contribution in [1.82, 2.24) is 5.32 Å². The highest BCUT2D eigenvalue weighted by Gasteiger charge is 2.35. The monoisotopic (exact) mass is 225 g/mol. The number of hydrogen-bond acceptors (Lipinski definition) is 2. The number of hydrogen-bond donors (Lipinski definition) is 2. The molecular weight excluding hydrogens is 202 g/mol. The summed E-state index contributed by atoms with van der Waals surface area (Å²) in [4.78, 5) is 11.7. The zero-order valence-electron chi connectivity index (χ0n) is 10.5. The Kier molecular flexibility index (Phi) is 4.54. The van der Waals surface area contributed by atoms with Crippen molar-refractivity contribution in [2.45, 2.75) is 52.0 Å². The van der Waals surface area contributed by atoms with E-state index in [1.54, 1.807) is 6.08 Å². The molecule has 1 amide bonds. The summed E-state index contributed by atoms with van der Waals surface area (Å²) in [6, 6.07) is 0. The summed E-state index contributed by atoms with van der Waals surface area (Å²) in [6.07, 6.45) is 5.63. The van der Waals surface area contributed by atoms with Gasteiger partial charge in [-0.15, -0.1) is 0 Å². The van der Waals surface area contributed by atoms with Gasteiger partial charge >= 0.3 is 0 Å². The fourth-order valence-corrected chi connectivity index (χ4v) is 2.52. The second-order valence-corrected chi connectivity index (χ2v) is 5.35. The smallest absolute Gasteiger partial charge is 0.244 e. The van der Waals surface area contributed by atoms with Crippen LogP contribution in [-0.4, -0.2) is 23.2 Å². The van der Waals surface area contributed by atoms with Gasteiger partial charge in [-0.1, -0.05) is 25.3 Å². The van der Waals surface area contributed by atoms with Gasteiger partial charge in [0.25, 0.3) is 0 Å². The molecule has 16 heavy (non-hydrogen) atoms. The van der Waals surface area contributed by atoms with Crippen molar-refractivity contribution >= 4 is 5.91 Å². The van der Waals surface area contributed by atoms with Crippen LogP contribution in [0.1, 0.15) is 46.5 Å². The Labute approximate surface area is 97.9 Å². The number of aliphatic hydroxyl groups is 1. The lowest BCUT2D eigenvalue weighted by molar-refractivity contribution is -0.119. The second kappa shape index (κ2) is 5.48. The summed E-state index contributed by atoms with van der Waals surface area (Å²) < 4.78 is 0. The number of carbonyl (C=O) groups is 1. The minimum Gasteiger partial charge on any atom is -0.394 e. The van der Waals surface area contributed by atoms with Gasteiger partial charge in [0.2, 0.25) is 5.91 Å². The molecule has 0 radical (unpaired) electrons. The second-order valence-electron chi connectivity index (χ2n) is 5.35. The van der Waals surface area contributed by atoms with Crippen LogP contribution >= 0.6 is 0 Å². The van der Waals surface area contributed by atoms with Crippen LogP contribution in [0.2, 0.25) is 0 Å². The molecule has 0 aromatic rings. The number of nitrogens with one attached hydrogen (secondary N) is 1. The Bertz CT molecular complexity index is 282. The van der Waals surface area contributed by atoms with E-state index in [-0.39, 0.29) is 18.1 Å². The molecule has 1 rings (SSSR count). The molecule has 0 bridgehead atoms. The van der Waals surface area contributed by atoms with E-state index in [1.807, 2.05) is 13.8 Å². The number of aliphatic hydroxyl groups excluding tert-OH is 1. The largest absolute Gasteiger partial charge is 0.394 e. The van der Waals surface area contributed by atoms with E-state index in [0.717, 1.165) is 24.8 Å². The number of carbonyl (C=O) groups excluding carboxylic acids is 1. The molecule has 2 unspecified atom stereocenters. The molecular formula is C13H23NO2. The SMILES string of the molecule is CC(C)=CC(=O)NC1(CO)CCCC(C)C1. The third kappa shape index (κ3) is 3.63. The Morgan fingerprint density at radius 3 is 2.75 bits per heavy atom. The highest BCUT2D eigenvalue weighted by atomic mass is 16.3. The lowest BCUT2D eigenvalue weighted by atomic mass is 9.77.